The Morgan fingerprint density at radius 1 is 1.38 bits per heavy atom. The molecule has 0 saturated carbocycles. The molecule has 1 aromatic rings. The lowest BCUT2D eigenvalue weighted by atomic mass is 10.0. The molecule has 0 radical (unpaired) electrons. The molecule has 1 rings (SSSR count). The average molecular weight is 316 g/mol. The summed E-state index contributed by atoms with van der Waals surface area (Å²) in [4.78, 5) is 22.8. The molecule has 0 spiro atoms. The molecule has 0 aliphatic carbocycles. The van der Waals surface area contributed by atoms with E-state index in [1.54, 1.807) is 0 Å². The maximum absolute atomic E-state index is 13.5. The number of hydrogen-bond donors (Lipinski definition) is 2. The van der Waals surface area contributed by atoms with Crippen LogP contribution in [0.1, 0.15) is 44.7 Å². The summed E-state index contributed by atoms with van der Waals surface area (Å²) in [6, 6.07) is 3.25. The molecule has 0 fully saturated rings. The van der Waals surface area contributed by atoms with Crippen LogP contribution < -0.4 is 5.32 Å². The van der Waals surface area contributed by atoms with Gasteiger partial charge in [0.25, 0.3) is 0 Å². The first-order valence-electron chi connectivity index (χ1n) is 6.75. The zero-order chi connectivity index (χ0) is 16.0. The number of carboxylic acids is 1. The number of amides is 1. The fourth-order valence-electron chi connectivity index (χ4n) is 1.84. The molecule has 0 bridgehead atoms. The average Bonchev–Trinajstić information content (AvgIpc) is 2.38. The molecular weight excluding hydrogens is 297 g/mol. The first-order valence-corrected chi connectivity index (χ1v) is 7.13. The largest absolute Gasteiger partial charge is 0.481 e. The highest BCUT2D eigenvalue weighted by atomic mass is 35.5. The molecule has 4 nitrogen and oxygen atoms in total. The summed E-state index contributed by atoms with van der Waals surface area (Å²) in [5.41, 5.74) is 0.386. The molecule has 0 aromatic heterocycles. The monoisotopic (exact) mass is 315 g/mol. The Morgan fingerprint density at radius 2 is 2.05 bits per heavy atom. The molecule has 2 N–H and O–H groups in total. The molecule has 0 aliphatic rings. The number of rotatable bonds is 7. The minimum atomic E-state index is -1.07. The second-order valence-corrected chi connectivity index (χ2v) is 5.73. The van der Waals surface area contributed by atoms with E-state index < -0.39 is 17.8 Å². The van der Waals surface area contributed by atoms with E-state index in [-0.39, 0.29) is 17.4 Å². The van der Waals surface area contributed by atoms with Crippen molar-refractivity contribution in [3.8, 4) is 0 Å². The maximum atomic E-state index is 13.5. The van der Waals surface area contributed by atoms with Crippen molar-refractivity contribution in [2.75, 3.05) is 0 Å². The highest BCUT2D eigenvalue weighted by Gasteiger charge is 2.19. The van der Waals surface area contributed by atoms with Gasteiger partial charge < -0.3 is 10.4 Å². The fraction of sp³-hybridized carbons (Fsp3) is 0.467. The molecule has 1 aromatic carbocycles. The lowest BCUT2D eigenvalue weighted by Crippen LogP contribution is -2.30. The second-order valence-electron chi connectivity index (χ2n) is 5.32. The quantitative estimate of drug-likeness (QED) is 0.808. The summed E-state index contributed by atoms with van der Waals surface area (Å²) >= 11 is 5.60. The van der Waals surface area contributed by atoms with Crippen LogP contribution in [0.3, 0.4) is 0 Å². The minimum absolute atomic E-state index is 0.0426. The van der Waals surface area contributed by atoms with Gasteiger partial charge in [0.05, 0.1) is 17.5 Å². The predicted octanol–water partition coefficient (Wildman–Crippen LogP) is 3.55. The number of halogens is 2. The van der Waals surface area contributed by atoms with Crippen molar-refractivity contribution in [3.05, 3.63) is 34.6 Å². The predicted molar refractivity (Wildman–Crippen MR) is 78.6 cm³/mol. The van der Waals surface area contributed by atoms with Gasteiger partial charge in [0, 0.05) is 6.42 Å². The van der Waals surface area contributed by atoms with Crippen LogP contribution in [-0.4, -0.2) is 17.0 Å². The first kappa shape index (κ1) is 17.4. The number of hydrogen-bond acceptors (Lipinski definition) is 2. The van der Waals surface area contributed by atoms with Crippen molar-refractivity contribution in [2.45, 2.75) is 39.2 Å². The Kier molecular flexibility index (Phi) is 6.62. The van der Waals surface area contributed by atoms with E-state index in [0.717, 1.165) is 6.07 Å². The van der Waals surface area contributed by atoms with Crippen LogP contribution in [0, 0.1) is 11.7 Å². The van der Waals surface area contributed by atoms with Gasteiger partial charge in [-0.3, -0.25) is 9.59 Å². The Bertz CT molecular complexity index is 520. The smallest absolute Gasteiger partial charge is 0.305 e. The van der Waals surface area contributed by atoms with Crippen molar-refractivity contribution in [3.63, 3.8) is 0 Å². The summed E-state index contributed by atoms with van der Waals surface area (Å²) in [6.45, 7) is 3.99. The molecule has 6 heteroatoms. The number of carbonyl (C=O) groups excluding carboxylic acids is 1. The third-order valence-electron chi connectivity index (χ3n) is 3.01. The van der Waals surface area contributed by atoms with Crippen LogP contribution in [0.25, 0.3) is 0 Å². The highest BCUT2D eigenvalue weighted by Crippen LogP contribution is 2.22. The zero-order valence-corrected chi connectivity index (χ0v) is 12.8. The summed E-state index contributed by atoms with van der Waals surface area (Å²) in [7, 11) is 0. The van der Waals surface area contributed by atoms with Gasteiger partial charge >= 0.3 is 5.97 Å². The van der Waals surface area contributed by atoms with E-state index in [1.165, 1.54) is 12.1 Å². The summed E-state index contributed by atoms with van der Waals surface area (Å²) in [5.74, 6) is -1.58. The zero-order valence-electron chi connectivity index (χ0n) is 12.0. The van der Waals surface area contributed by atoms with E-state index in [9.17, 15) is 14.0 Å². The minimum Gasteiger partial charge on any atom is -0.481 e. The lowest BCUT2D eigenvalue weighted by molar-refractivity contribution is -0.137. The lowest BCUT2D eigenvalue weighted by Gasteiger charge is -2.18. The summed E-state index contributed by atoms with van der Waals surface area (Å²) in [5, 5.41) is 11.5. The van der Waals surface area contributed by atoms with Crippen LogP contribution >= 0.6 is 11.6 Å². The van der Waals surface area contributed by atoms with Crippen LogP contribution in [0.4, 0.5) is 4.39 Å². The molecule has 0 aliphatic heterocycles. The summed E-state index contributed by atoms with van der Waals surface area (Å²) in [6.07, 6.45) is 0.707. The molecule has 1 atom stereocenters. The van der Waals surface area contributed by atoms with Gasteiger partial charge in [0.15, 0.2) is 0 Å². The number of nitrogens with one attached hydrogen (secondary N) is 1. The van der Waals surface area contributed by atoms with Crippen LogP contribution in [0.15, 0.2) is 18.2 Å². The van der Waals surface area contributed by atoms with Gasteiger partial charge in [0.2, 0.25) is 5.91 Å². The van der Waals surface area contributed by atoms with Gasteiger partial charge in [-0.1, -0.05) is 31.5 Å². The first-order chi connectivity index (χ1) is 9.79. The normalized spacial score (nSPS) is 12.2. The topological polar surface area (TPSA) is 66.4 Å². The molecule has 21 heavy (non-hydrogen) atoms. The second kappa shape index (κ2) is 7.98. The standard InChI is InChI=1S/C15H19ClFNO3/c1-9(2)3-6-14(19)18-13(8-15(20)21)10-4-5-11(16)12(17)7-10/h4-5,7,9,13H,3,6,8H2,1-2H3,(H,18,19)(H,20,21). The number of carbonyl (C=O) groups is 2. The van der Waals surface area contributed by atoms with E-state index in [1.807, 2.05) is 13.8 Å². The van der Waals surface area contributed by atoms with Crippen molar-refractivity contribution in [2.24, 2.45) is 5.92 Å². The van der Waals surface area contributed by atoms with Crippen molar-refractivity contribution in [1.29, 1.82) is 0 Å². The SMILES string of the molecule is CC(C)CCC(=O)NC(CC(=O)O)c1ccc(Cl)c(F)c1. The third kappa shape index (κ3) is 6.12. The maximum Gasteiger partial charge on any atom is 0.305 e. The Balaban J connectivity index is 2.82. The van der Waals surface area contributed by atoms with Gasteiger partial charge in [-0.2, -0.15) is 0 Å². The molecule has 1 unspecified atom stereocenters. The number of carboxylic acid groups (broad SMARTS) is 1. The summed E-state index contributed by atoms with van der Waals surface area (Å²) < 4.78 is 13.5. The van der Waals surface area contributed by atoms with E-state index in [2.05, 4.69) is 5.32 Å². The van der Waals surface area contributed by atoms with E-state index in [0.29, 0.717) is 24.3 Å². The van der Waals surface area contributed by atoms with Gasteiger partial charge in [-0.15, -0.1) is 0 Å². The van der Waals surface area contributed by atoms with Crippen molar-refractivity contribution in [1.82, 2.24) is 5.32 Å². The molecule has 0 saturated heterocycles. The van der Waals surface area contributed by atoms with Crippen molar-refractivity contribution < 1.29 is 19.1 Å². The molecule has 116 valence electrons. The van der Waals surface area contributed by atoms with Crippen LogP contribution in [0.2, 0.25) is 5.02 Å². The van der Waals surface area contributed by atoms with Gasteiger partial charge in [-0.25, -0.2) is 4.39 Å². The van der Waals surface area contributed by atoms with E-state index in [4.69, 9.17) is 16.7 Å². The Labute approximate surface area is 128 Å². The Hall–Kier alpha value is -1.62. The van der Waals surface area contributed by atoms with E-state index >= 15 is 0 Å². The van der Waals surface area contributed by atoms with Crippen LogP contribution in [0.5, 0.6) is 0 Å². The number of benzene rings is 1. The Morgan fingerprint density at radius 3 is 2.57 bits per heavy atom. The third-order valence-corrected chi connectivity index (χ3v) is 3.32. The number of aliphatic carboxylic acids is 1. The van der Waals surface area contributed by atoms with Crippen molar-refractivity contribution >= 4 is 23.5 Å². The highest BCUT2D eigenvalue weighted by molar-refractivity contribution is 6.30. The molecule has 0 heterocycles. The molecule has 1 amide bonds. The fourth-order valence-corrected chi connectivity index (χ4v) is 1.96. The van der Waals surface area contributed by atoms with Gasteiger partial charge in [-0.05, 0) is 30.0 Å². The van der Waals surface area contributed by atoms with Crippen LogP contribution in [-0.2, 0) is 9.59 Å². The molecular formula is C15H19ClFNO3. The van der Waals surface area contributed by atoms with Gasteiger partial charge in [0.1, 0.15) is 5.82 Å².